The third-order valence-corrected chi connectivity index (χ3v) is 7.26. The van der Waals surface area contributed by atoms with E-state index in [0.717, 1.165) is 22.3 Å². The number of hydrogen-bond acceptors (Lipinski definition) is 5. The van der Waals surface area contributed by atoms with Crippen molar-refractivity contribution in [3.05, 3.63) is 131 Å². The lowest BCUT2D eigenvalue weighted by Gasteiger charge is -2.17. The van der Waals surface area contributed by atoms with Gasteiger partial charge >= 0.3 is 10.1 Å². The Morgan fingerprint density at radius 3 is 2.24 bits per heavy atom. The first-order valence-electron chi connectivity index (χ1n) is 11.9. The third-order valence-electron chi connectivity index (χ3n) is 6.01. The normalized spacial score (nSPS) is 12.3. The molecule has 37 heavy (non-hydrogen) atoms. The maximum Gasteiger partial charge on any atom is 0.339 e. The van der Waals surface area contributed by atoms with E-state index in [9.17, 15) is 13.2 Å². The zero-order chi connectivity index (χ0) is 26.3. The predicted molar refractivity (Wildman–Crippen MR) is 145 cm³/mol. The molecule has 0 heterocycles. The van der Waals surface area contributed by atoms with E-state index in [0.29, 0.717) is 12.0 Å². The van der Waals surface area contributed by atoms with Gasteiger partial charge in [-0.3, -0.25) is 4.79 Å². The van der Waals surface area contributed by atoms with Gasteiger partial charge in [0.05, 0.1) is 12.1 Å². The molecule has 0 bridgehead atoms. The Morgan fingerprint density at radius 2 is 1.51 bits per heavy atom. The minimum absolute atomic E-state index is 0.0556. The van der Waals surface area contributed by atoms with Crippen LogP contribution < -0.4 is 9.61 Å². The molecule has 0 spiro atoms. The van der Waals surface area contributed by atoms with E-state index in [1.165, 1.54) is 18.3 Å². The second kappa shape index (κ2) is 11.7. The molecule has 0 fully saturated rings. The van der Waals surface area contributed by atoms with Gasteiger partial charge in [0.2, 0.25) is 5.91 Å². The van der Waals surface area contributed by atoms with E-state index < -0.39 is 16.0 Å². The molecular formula is C30H28N2O4S. The summed E-state index contributed by atoms with van der Waals surface area (Å²) >= 11 is 0. The fourth-order valence-corrected chi connectivity index (χ4v) is 4.84. The number of aryl methyl sites for hydroxylation is 2. The molecule has 1 amide bonds. The number of nitrogens with zero attached hydrogens (tertiary/aromatic N) is 1. The predicted octanol–water partition coefficient (Wildman–Crippen LogP) is 5.55. The summed E-state index contributed by atoms with van der Waals surface area (Å²) < 4.78 is 30.9. The Bertz CT molecular complexity index is 1500. The summed E-state index contributed by atoms with van der Waals surface area (Å²) in [5.41, 5.74) is 7.05. The maximum absolute atomic E-state index is 13.2. The third kappa shape index (κ3) is 6.71. The Morgan fingerprint density at radius 1 is 0.865 bits per heavy atom. The molecule has 4 aromatic rings. The second-order valence-corrected chi connectivity index (χ2v) is 10.3. The highest BCUT2D eigenvalue weighted by Gasteiger charge is 2.22. The molecule has 0 aromatic heterocycles. The molecule has 7 heteroatoms. The molecule has 0 saturated heterocycles. The van der Waals surface area contributed by atoms with E-state index in [1.54, 1.807) is 36.4 Å². The Labute approximate surface area is 217 Å². The van der Waals surface area contributed by atoms with Gasteiger partial charge in [0.1, 0.15) is 4.90 Å². The van der Waals surface area contributed by atoms with Gasteiger partial charge in [0.25, 0.3) is 0 Å². The van der Waals surface area contributed by atoms with Gasteiger partial charge in [-0.1, -0.05) is 84.4 Å². The summed E-state index contributed by atoms with van der Waals surface area (Å²) in [5, 5.41) is 4.13. The largest absolute Gasteiger partial charge is 0.378 e. The van der Waals surface area contributed by atoms with E-state index in [1.807, 2.05) is 68.4 Å². The van der Waals surface area contributed by atoms with Crippen LogP contribution >= 0.6 is 0 Å². The second-order valence-electron chi connectivity index (χ2n) is 8.72. The average Bonchev–Trinajstić information content (AvgIpc) is 2.89. The number of benzene rings is 4. The number of carbonyl (C=O) groups is 1. The van der Waals surface area contributed by atoms with Crippen LogP contribution in [0.3, 0.4) is 0 Å². The van der Waals surface area contributed by atoms with Crippen molar-refractivity contribution in [2.24, 2.45) is 5.10 Å². The Hall–Kier alpha value is -4.23. The van der Waals surface area contributed by atoms with E-state index in [-0.39, 0.29) is 16.6 Å². The molecule has 0 aliphatic rings. The number of carbonyl (C=O) groups excluding carboxylic acids is 1. The van der Waals surface area contributed by atoms with E-state index in [4.69, 9.17) is 4.18 Å². The topological polar surface area (TPSA) is 84.8 Å². The highest BCUT2D eigenvalue weighted by atomic mass is 32.2. The monoisotopic (exact) mass is 512 g/mol. The van der Waals surface area contributed by atoms with Crippen LogP contribution in [0.15, 0.2) is 113 Å². The molecule has 6 nitrogen and oxygen atoms in total. The summed E-state index contributed by atoms with van der Waals surface area (Å²) in [6.45, 7) is 3.90. The molecule has 0 aliphatic heterocycles. The standard InChI is InChI=1S/C30H28N2O4S/c1-22-16-18-27(19-17-22)37(34,35)36-29-15-9-8-14-26(29)21-31-32-30(33)28(24-11-4-3-5-12-24)20-25-13-7-6-10-23(25)2/h3-19,21,28H,20H2,1-2H3,(H,32,33). The van der Waals surface area contributed by atoms with Crippen molar-refractivity contribution >= 4 is 22.2 Å². The summed E-state index contributed by atoms with van der Waals surface area (Å²) in [7, 11) is -4.03. The highest BCUT2D eigenvalue weighted by Crippen LogP contribution is 2.24. The Kier molecular flexibility index (Phi) is 8.15. The zero-order valence-corrected chi connectivity index (χ0v) is 21.5. The van der Waals surface area contributed by atoms with Crippen LogP contribution in [-0.2, 0) is 21.3 Å². The van der Waals surface area contributed by atoms with Crippen molar-refractivity contribution in [2.75, 3.05) is 0 Å². The molecule has 188 valence electrons. The van der Waals surface area contributed by atoms with Gasteiger partial charge < -0.3 is 4.18 Å². The molecule has 4 rings (SSSR count). The SMILES string of the molecule is Cc1ccc(S(=O)(=O)Oc2ccccc2C=NNC(=O)C(Cc2ccccc2C)c2ccccc2)cc1. The number of amides is 1. The van der Waals surface area contributed by atoms with E-state index in [2.05, 4.69) is 10.5 Å². The van der Waals surface area contributed by atoms with Gasteiger partial charge in [0.15, 0.2) is 5.75 Å². The summed E-state index contributed by atoms with van der Waals surface area (Å²) in [4.78, 5) is 13.3. The van der Waals surface area contributed by atoms with Crippen molar-refractivity contribution in [3.63, 3.8) is 0 Å². The lowest BCUT2D eigenvalue weighted by molar-refractivity contribution is -0.122. The van der Waals surface area contributed by atoms with Gasteiger partial charge in [-0.05, 0) is 61.2 Å². The van der Waals surface area contributed by atoms with Gasteiger partial charge in [-0.15, -0.1) is 0 Å². The van der Waals surface area contributed by atoms with Crippen LogP contribution in [0.1, 0.15) is 33.7 Å². The molecule has 1 N–H and O–H groups in total. The number of nitrogens with one attached hydrogen (secondary N) is 1. The van der Waals surface area contributed by atoms with Gasteiger partial charge in [-0.25, -0.2) is 5.43 Å². The maximum atomic E-state index is 13.2. The molecule has 0 aliphatic carbocycles. The van der Waals surface area contributed by atoms with Gasteiger partial charge in [0, 0.05) is 5.56 Å². The van der Waals surface area contributed by atoms with Crippen molar-refractivity contribution < 1.29 is 17.4 Å². The molecular weight excluding hydrogens is 484 g/mol. The van der Waals surface area contributed by atoms with E-state index >= 15 is 0 Å². The van der Waals surface area contributed by atoms with Crippen LogP contribution in [0, 0.1) is 13.8 Å². The van der Waals surface area contributed by atoms with Crippen LogP contribution in [0.2, 0.25) is 0 Å². The molecule has 1 unspecified atom stereocenters. The van der Waals surface area contributed by atoms with Crippen molar-refractivity contribution in [3.8, 4) is 5.75 Å². The smallest absolute Gasteiger partial charge is 0.339 e. The summed E-state index contributed by atoms with van der Waals surface area (Å²) in [5.74, 6) is -0.607. The fraction of sp³-hybridized carbons (Fsp3) is 0.133. The lowest BCUT2D eigenvalue weighted by Crippen LogP contribution is -2.27. The van der Waals surface area contributed by atoms with Crippen LogP contribution in [-0.4, -0.2) is 20.5 Å². The van der Waals surface area contributed by atoms with Crippen molar-refractivity contribution in [1.82, 2.24) is 5.43 Å². The first-order valence-corrected chi connectivity index (χ1v) is 13.3. The van der Waals surface area contributed by atoms with Crippen LogP contribution in [0.4, 0.5) is 0 Å². The molecule has 1 atom stereocenters. The lowest BCUT2D eigenvalue weighted by atomic mass is 9.90. The number of hydrogen-bond donors (Lipinski definition) is 1. The first-order chi connectivity index (χ1) is 17.8. The Balaban J connectivity index is 1.52. The zero-order valence-electron chi connectivity index (χ0n) is 20.7. The molecule has 0 radical (unpaired) electrons. The summed E-state index contributed by atoms with van der Waals surface area (Å²) in [6, 6.07) is 30.6. The quantitative estimate of drug-likeness (QED) is 0.181. The number of hydrazone groups is 1. The molecule has 0 saturated carbocycles. The summed E-state index contributed by atoms with van der Waals surface area (Å²) in [6.07, 6.45) is 1.90. The average molecular weight is 513 g/mol. The van der Waals surface area contributed by atoms with Crippen molar-refractivity contribution in [2.45, 2.75) is 31.1 Å². The van der Waals surface area contributed by atoms with Gasteiger partial charge in [-0.2, -0.15) is 13.5 Å². The van der Waals surface area contributed by atoms with Crippen molar-refractivity contribution in [1.29, 1.82) is 0 Å². The first kappa shape index (κ1) is 25.9. The van der Waals surface area contributed by atoms with Crippen LogP contribution in [0.25, 0.3) is 0 Å². The highest BCUT2D eigenvalue weighted by molar-refractivity contribution is 7.87. The minimum atomic E-state index is -4.03. The van der Waals surface area contributed by atoms with Crippen LogP contribution in [0.5, 0.6) is 5.75 Å². The minimum Gasteiger partial charge on any atom is -0.378 e. The molecule has 4 aromatic carbocycles. The fourth-order valence-electron chi connectivity index (χ4n) is 3.88. The number of rotatable bonds is 9. The number of para-hydroxylation sites is 1.